The SMILES string of the molecule is CCN(CC)C(=O)CC(CN)N(C)CCSC. The van der Waals surface area contributed by atoms with Gasteiger partial charge in [0.05, 0.1) is 0 Å². The molecule has 0 saturated carbocycles. The van der Waals surface area contributed by atoms with Crippen LogP contribution in [-0.2, 0) is 4.79 Å². The van der Waals surface area contributed by atoms with E-state index in [-0.39, 0.29) is 11.9 Å². The van der Waals surface area contributed by atoms with Crippen molar-refractivity contribution < 1.29 is 4.79 Å². The van der Waals surface area contributed by atoms with Crippen LogP contribution >= 0.6 is 11.8 Å². The van der Waals surface area contributed by atoms with Crippen LogP contribution in [-0.4, -0.2) is 67.0 Å². The fourth-order valence-corrected chi connectivity index (χ4v) is 2.21. The Morgan fingerprint density at radius 2 is 1.94 bits per heavy atom. The molecule has 0 aromatic heterocycles. The number of thioether (sulfide) groups is 1. The number of likely N-dealkylation sites (N-methyl/N-ethyl adjacent to an activating group) is 1. The summed E-state index contributed by atoms with van der Waals surface area (Å²) in [4.78, 5) is 16.0. The van der Waals surface area contributed by atoms with E-state index < -0.39 is 0 Å². The Morgan fingerprint density at radius 1 is 1.35 bits per heavy atom. The first kappa shape index (κ1) is 16.7. The molecule has 0 aliphatic rings. The summed E-state index contributed by atoms with van der Waals surface area (Å²) in [6, 6.07) is 0.162. The summed E-state index contributed by atoms with van der Waals surface area (Å²) in [7, 11) is 2.04. The number of carbonyl (C=O) groups excluding carboxylic acids is 1. The highest BCUT2D eigenvalue weighted by atomic mass is 32.2. The highest BCUT2D eigenvalue weighted by Crippen LogP contribution is 2.05. The lowest BCUT2D eigenvalue weighted by atomic mass is 10.1. The quantitative estimate of drug-likeness (QED) is 0.669. The maximum Gasteiger partial charge on any atom is 0.224 e. The van der Waals surface area contributed by atoms with E-state index >= 15 is 0 Å². The molecule has 0 heterocycles. The summed E-state index contributed by atoms with van der Waals surface area (Å²) in [6.45, 7) is 7.10. The molecule has 0 saturated heterocycles. The van der Waals surface area contributed by atoms with Gasteiger partial charge >= 0.3 is 0 Å². The van der Waals surface area contributed by atoms with Gasteiger partial charge in [0.1, 0.15) is 0 Å². The first-order valence-corrected chi connectivity index (χ1v) is 7.67. The van der Waals surface area contributed by atoms with Gasteiger partial charge in [-0.25, -0.2) is 0 Å². The summed E-state index contributed by atoms with van der Waals surface area (Å²) < 4.78 is 0. The minimum Gasteiger partial charge on any atom is -0.343 e. The van der Waals surface area contributed by atoms with E-state index in [2.05, 4.69) is 11.2 Å². The molecule has 4 nitrogen and oxygen atoms in total. The Hall–Kier alpha value is -0.260. The monoisotopic (exact) mass is 261 g/mol. The molecule has 0 rings (SSSR count). The molecular weight excluding hydrogens is 234 g/mol. The topological polar surface area (TPSA) is 49.6 Å². The average molecular weight is 261 g/mol. The Kier molecular flexibility index (Phi) is 9.59. The highest BCUT2D eigenvalue weighted by Gasteiger charge is 2.19. The number of carbonyl (C=O) groups is 1. The van der Waals surface area contributed by atoms with Crippen molar-refractivity contribution in [2.75, 3.05) is 45.2 Å². The van der Waals surface area contributed by atoms with Crippen LogP contribution in [0.2, 0.25) is 0 Å². The fraction of sp³-hybridized carbons (Fsp3) is 0.917. The second-order valence-electron chi connectivity index (χ2n) is 4.13. The maximum atomic E-state index is 12.0. The van der Waals surface area contributed by atoms with E-state index in [4.69, 9.17) is 5.73 Å². The van der Waals surface area contributed by atoms with E-state index in [0.29, 0.717) is 13.0 Å². The first-order chi connectivity index (χ1) is 8.10. The van der Waals surface area contributed by atoms with Crippen LogP contribution in [0.4, 0.5) is 0 Å². The van der Waals surface area contributed by atoms with Gasteiger partial charge in [0.15, 0.2) is 0 Å². The number of amides is 1. The second kappa shape index (κ2) is 9.74. The lowest BCUT2D eigenvalue weighted by molar-refractivity contribution is -0.132. The van der Waals surface area contributed by atoms with Gasteiger partial charge in [-0.3, -0.25) is 4.79 Å². The summed E-state index contributed by atoms with van der Waals surface area (Å²) in [5.41, 5.74) is 5.76. The third-order valence-electron chi connectivity index (χ3n) is 3.07. The molecule has 1 atom stereocenters. The summed E-state index contributed by atoms with van der Waals surface area (Å²) >= 11 is 1.81. The van der Waals surface area contributed by atoms with Crippen molar-refractivity contribution in [1.82, 2.24) is 9.80 Å². The molecule has 0 aromatic carbocycles. The number of rotatable bonds is 9. The zero-order valence-corrected chi connectivity index (χ0v) is 12.4. The summed E-state index contributed by atoms with van der Waals surface area (Å²) in [5.74, 6) is 1.29. The number of hydrogen-bond acceptors (Lipinski definition) is 4. The number of nitrogens with zero attached hydrogens (tertiary/aromatic N) is 2. The largest absolute Gasteiger partial charge is 0.343 e. The van der Waals surface area contributed by atoms with Crippen LogP contribution in [0.15, 0.2) is 0 Å². The van der Waals surface area contributed by atoms with Crippen LogP contribution in [0, 0.1) is 0 Å². The standard InChI is InChI=1S/C12H27N3OS/c1-5-15(6-2)12(16)9-11(10-13)14(3)7-8-17-4/h11H,5-10,13H2,1-4H3. The summed E-state index contributed by atoms with van der Waals surface area (Å²) in [5, 5.41) is 0. The van der Waals surface area contributed by atoms with Gasteiger partial charge in [0, 0.05) is 44.4 Å². The van der Waals surface area contributed by atoms with Crippen molar-refractivity contribution in [2.24, 2.45) is 5.73 Å². The van der Waals surface area contributed by atoms with Crippen molar-refractivity contribution in [1.29, 1.82) is 0 Å². The molecule has 0 bridgehead atoms. The van der Waals surface area contributed by atoms with E-state index in [1.807, 2.05) is 37.6 Å². The Morgan fingerprint density at radius 3 is 2.35 bits per heavy atom. The van der Waals surface area contributed by atoms with Gasteiger partial charge < -0.3 is 15.5 Å². The van der Waals surface area contributed by atoms with Crippen molar-refractivity contribution in [3.05, 3.63) is 0 Å². The van der Waals surface area contributed by atoms with Gasteiger partial charge in [0.25, 0.3) is 0 Å². The van der Waals surface area contributed by atoms with E-state index in [0.717, 1.165) is 25.4 Å². The molecular formula is C12H27N3OS. The van der Waals surface area contributed by atoms with E-state index in [1.54, 1.807) is 0 Å². The van der Waals surface area contributed by atoms with Crippen molar-refractivity contribution in [3.8, 4) is 0 Å². The minimum absolute atomic E-state index is 0.162. The highest BCUT2D eigenvalue weighted by molar-refractivity contribution is 7.98. The van der Waals surface area contributed by atoms with Gasteiger partial charge in [0.2, 0.25) is 5.91 Å². The van der Waals surface area contributed by atoms with E-state index in [1.165, 1.54) is 0 Å². The van der Waals surface area contributed by atoms with Crippen LogP contribution in [0.5, 0.6) is 0 Å². The summed E-state index contributed by atoms with van der Waals surface area (Å²) in [6.07, 6.45) is 2.62. The van der Waals surface area contributed by atoms with Crippen LogP contribution in [0.1, 0.15) is 20.3 Å². The van der Waals surface area contributed by atoms with Crippen molar-refractivity contribution in [3.63, 3.8) is 0 Å². The molecule has 0 fully saturated rings. The molecule has 1 amide bonds. The Labute approximate surface area is 110 Å². The second-order valence-corrected chi connectivity index (χ2v) is 5.12. The molecule has 0 aliphatic heterocycles. The third-order valence-corrected chi connectivity index (χ3v) is 3.66. The van der Waals surface area contributed by atoms with Gasteiger partial charge in [-0.05, 0) is 27.2 Å². The normalized spacial score (nSPS) is 12.8. The molecule has 102 valence electrons. The molecule has 0 aromatic rings. The maximum absolute atomic E-state index is 12.0. The predicted octanol–water partition coefficient (Wildman–Crippen LogP) is 0.867. The lowest BCUT2D eigenvalue weighted by Crippen LogP contribution is -2.43. The number of hydrogen-bond donors (Lipinski definition) is 1. The van der Waals surface area contributed by atoms with Crippen LogP contribution < -0.4 is 5.73 Å². The fourth-order valence-electron chi connectivity index (χ4n) is 1.74. The first-order valence-electron chi connectivity index (χ1n) is 6.27. The van der Waals surface area contributed by atoms with Crippen LogP contribution in [0.3, 0.4) is 0 Å². The molecule has 0 aliphatic carbocycles. The van der Waals surface area contributed by atoms with Crippen molar-refractivity contribution in [2.45, 2.75) is 26.3 Å². The zero-order chi connectivity index (χ0) is 13.3. The zero-order valence-electron chi connectivity index (χ0n) is 11.6. The molecule has 1 unspecified atom stereocenters. The number of nitrogens with two attached hydrogens (primary N) is 1. The molecule has 0 radical (unpaired) electrons. The van der Waals surface area contributed by atoms with Gasteiger partial charge in [-0.2, -0.15) is 11.8 Å². The molecule has 0 spiro atoms. The van der Waals surface area contributed by atoms with Gasteiger partial charge in [-0.1, -0.05) is 0 Å². The Balaban J connectivity index is 4.23. The van der Waals surface area contributed by atoms with Gasteiger partial charge in [-0.15, -0.1) is 0 Å². The molecule has 17 heavy (non-hydrogen) atoms. The average Bonchev–Trinajstić information content (AvgIpc) is 2.34. The third kappa shape index (κ3) is 6.29. The predicted molar refractivity (Wildman–Crippen MR) is 76.4 cm³/mol. The van der Waals surface area contributed by atoms with Crippen molar-refractivity contribution >= 4 is 17.7 Å². The molecule has 5 heteroatoms. The molecule has 2 N–H and O–H groups in total. The van der Waals surface area contributed by atoms with Crippen LogP contribution in [0.25, 0.3) is 0 Å². The minimum atomic E-state index is 0.162. The lowest BCUT2D eigenvalue weighted by Gasteiger charge is -2.28. The smallest absolute Gasteiger partial charge is 0.224 e. The van der Waals surface area contributed by atoms with E-state index in [9.17, 15) is 4.79 Å². The Bertz CT molecular complexity index is 210.